The number of fused-ring (bicyclic) bond motifs is 1. The van der Waals surface area contributed by atoms with Crippen LogP contribution in [-0.4, -0.2) is 69.4 Å². The highest BCUT2D eigenvalue weighted by Gasteiger charge is 2.16. The monoisotopic (exact) mass is 379 g/mol. The molecule has 0 atom stereocenters. The summed E-state index contributed by atoms with van der Waals surface area (Å²) in [4.78, 5) is 10.2. The number of benzene rings is 2. The molecule has 0 fully saturated rings. The van der Waals surface area contributed by atoms with Gasteiger partial charge in [0.2, 0.25) is 0 Å². The van der Waals surface area contributed by atoms with Crippen molar-refractivity contribution in [2.24, 2.45) is 0 Å². The third-order valence-electron chi connectivity index (χ3n) is 4.32. The molecule has 4 aromatic rings. The van der Waals surface area contributed by atoms with Crippen molar-refractivity contribution in [3.63, 3.8) is 0 Å². The van der Waals surface area contributed by atoms with Gasteiger partial charge >= 0.3 is 0 Å². The lowest BCUT2D eigenvalue weighted by Crippen LogP contribution is -2.19. The highest BCUT2D eigenvalue weighted by atomic mass is 16.5. The van der Waals surface area contributed by atoms with Crippen LogP contribution in [0, 0.1) is 0 Å². The van der Waals surface area contributed by atoms with Crippen molar-refractivity contribution in [1.29, 1.82) is 0 Å². The van der Waals surface area contributed by atoms with Gasteiger partial charge in [-0.05, 0) is 54.9 Å². The normalized spacial score (nSPS) is 11.3. The molecule has 0 unspecified atom stereocenters. The fourth-order valence-electron chi connectivity index (χ4n) is 2.89. The van der Waals surface area contributed by atoms with Gasteiger partial charge in [-0.2, -0.15) is 0 Å². The van der Waals surface area contributed by atoms with Gasteiger partial charge in [0.1, 0.15) is 18.8 Å². The van der Waals surface area contributed by atoms with E-state index in [9.17, 15) is 0 Å². The van der Waals surface area contributed by atoms with E-state index in [1.54, 1.807) is 18.1 Å². The number of imidazole rings is 1. The number of para-hydroxylation sites is 1. The van der Waals surface area contributed by atoms with Crippen molar-refractivity contribution in [3.8, 4) is 28.6 Å². The van der Waals surface area contributed by atoms with Gasteiger partial charge in [0.15, 0.2) is 11.5 Å². The van der Waals surface area contributed by atoms with Crippen molar-refractivity contribution < 1.29 is 9.47 Å². The van der Waals surface area contributed by atoms with Crippen LogP contribution in [0.25, 0.3) is 28.1 Å². The number of nitrogens with zero attached hydrogens (tertiary/aromatic N) is 6. The molecule has 2 aromatic carbocycles. The standard InChI is InChI=1S/C19H21N7O2/c1-25(2)9-10-28-18-14(5-4-6-17(18)27-3)19-21-15-8-7-13(11-16(15)22-19)26-12-20-23-24-26/h4-8,11-12H,9-10H2,1-3H3,(H,21,22). The maximum atomic E-state index is 6.05. The average Bonchev–Trinajstić information content (AvgIpc) is 3.36. The predicted molar refractivity (Wildman–Crippen MR) is 105 cm³/mol. The molecule has 0 aliphatic heterocycles. The number of ether oxygens (including phenoxy) is 2. The average molecular weight is 379 g/mol. The molecule has 0 aliphatic rings. The van der Waals surface area contributed by atoms with Crippen LogP contribution >= 0.6 is 0 Å². The lowest BCUT2D eigenvalue weighted by atomic mass is 10.1. The molecule has 9 heteroatoms. The Kier molecular flexibility index (Phi) is 4.90. The molecular weight excluding hydrogens is 358 g/mol. The molecule has 144 valence electrons. The molecule has 0 saturated carbocycles. The van der Waals surface area contributed by atoms with E-state index in [-0.39, 0.29) is 0 Å². The van der Waals surface area contributed by atoms with Crippen LogP contribution in [0.4, 0.5) is 0 Å². The Morgan fingerprint density at radius 2 is 2.07 bits per heavy atom. The number of methoxy groups -OCH3 is 1. The lowest BCUT2D eigenvalue weighted by Gasteiger charge is -2.15. The molecule has 0 aliphatic carbocycles. The molecule has 0 bridgehead atoms. The van der Waals surface area contributed by atoms with Crippen LogP contribution in [0.2, 0.25) is 0 Å². The molecule has 2 aromatic heterocycles. The highest BCUT2D eigenvalue weighted by Crippen LogP contribution is 2.37. The second-order valence-corrected chi connectivity index (χ2v) is 6.53. The zero-order valence-electron chi connectivity index (χ0n) is 16.0. The van der Waals surface area contributed by atoms with Crippen LogP contribution in [0.3, 0.4) is 0 Å². The maximum absolute atomic E-state index is 6.05. The van der Waals surface area contributed by atoms with Crippen LogP contribution in [0.15, 0.2) is 42.7 Å². The molecule has 1 N–H and O–H groups in total. The minimum absolute atomic E-state index is 0.546. The molecule has 2 heterocycles. The van der Waals surface area contributed by atoms with E-state index in [2.05, 4.69) is 25.4 Å². The number of H-pyrrole nitrogens is 1. The number of rotatable bonds is 7. The second kappa shape index (κ2) is 7.65. The van der Waals surface area contributed by atoms with E-state index < -0.39 is 0 Å². The SMILES string of the molecule is COc1cccc(-c2nc3ccc(-n4cnnn4)cc3[nH]2)c1OCCN(C)C. The minimum Gasteiger partial charge on any atom is -0.493 e. The number of likely N-dealkylation sites (N-methyl/N-ethyl adjacent to an activating group) is 1. The summed E-state index contributed by atoms with van der Waals surface area (Å²) in [5, 5.41) is 11.3. The van der Waals surface area contributed by atoms with Crippen LogP contribution in [0.1, 0.15) is 0 Å². The third-order valence-corrected chi connectivity index (χ3v) is 4.32. The molecule has 0 saturated heterocycles. The smallest absolute Gasteiger partial charge is 0.172 e. The van der Waals surface area contributed by atoms with Crippen LogP contribution in [-0.2, 0) is 0 Å². The largest absolute Gasteiger partial charge is 0.493 e. The topological polar surface area (TPSA) is 94.0 Å². The van der Waals surface area contributed by atoms with E-state index in [1.165, 1.54) is 0 Å². The molecular formula is C19H21N7O2. The fourth-order valence-corrected chi connectivity index (χ4v) is 2.89. The van der Waals surface area contributed by atoms with Gasteiger partial charge in [-0.25, -0.2) is 9.67 Å². The number of tetrazole rings is 1. The van der Waals surface area contributed by atoms with Gasteiger partial charge in [0.05, 0.1) is 29.4 Å². The summed E-state index contributed by atoms with van der Waals surface area (Å²) in [6.45, 7) is 1.34. The fraction of sp³-hybridized carbons (Fsp3) is 0.263. The summed E-state index contributed by atoms with van der Waals surface area (Å²) in [5.41, 5.74) is 3.41. The van der Waals surface area contributed by atoms with Crippen LogP contribution < -0.4 is 9.47 Å². The Labute approximate surface area is 161 Å². The van der Waals surface area contributed by atoms with E-state index in [0.717, 1.165) is 28.8 Å². The van der Waals surface area contributed by atoms with E-state index in [4.69, 9.17) is 14.5 Å². The van der Waals surface area contributed by atoms with Crippen molar-refractivity contribution in [1.82, 2.24) is 35.1 Å². The van der Waals surface area contributed by atoms with E-state index in [0.29, 0.717) is 23.9 Å². The zero-order chi connectivity index (χ0) is 19.5. The number of nitrogens with one attached hydrogen (secondary N) is 1. The molecule has 0 radical (unpaired) electrons. The Balaban J connectivity index is 1.72. The first-order valence-electron chi connectivity index (χ1n) is 8.84. The summed E-state index contributed by atoms with van der Waals surface area (Å²) in [6, 6.07) is 11.6. The second-order valence-electron chi connectivity index (χ2n) is 6.53. The van der Waals surface area contributed by atoms with Gasteiger partial charge in [-0.3, -0.25) is 0 Å². The summed E-state index contributed by atoms with van der Waals surface area (Å²) in [6.07, 6.45) is 1.55. The van der Waals surface area contributed by atoms with Crippen molar-refractivity contribution in [2.45, 2.75) is 0 Å². The first-order valence-corrected chi connectivity index (χ1v) is 8.84. The number of aromatic nitrogens is 6. The summed E-state index contributed by atoms with van der Waals surface area (Å²) in [7, 11) is 5.65. The first-order chi connectivity index (χ1) is 13.7. The van der Waals surface area contributed by atoms with Gasteiger partial charge < -0.3 is 19.4 Å². The first kappa shape index (κ1) is 17.9. The van der Waals surface area contributed by atoms with Crippen molar-refractivity contribution >= 4 is 11.0 Å². The number of aromatic amines is 1. The summed E-state index contributed by atoms with van der Waals surface area (Å²) < 4.78 is 13.1. The molecule has 4 rings (SSSR count). The van der Waals surface area contributed by atoms with E-state index >= 15 is 0 Å². The number of hydrogen-bond acceptors (Lipinski definition) is 7. The zero-order valence-corrected chi connectivity index (χ0v) is 16.0. The maximum Gasteiger partial charge on any atom is 0.172 e. The quantitative estimate of drug-likeness (QED) is 0.526. The van der Waals surface area contributed by atoms with Crippen molar-refractivity contribution in [3.05, 3.63) is 42.7 Å². The Hall–Kier alpha value is -3.46. The molecule has 28 heavy (non-hydrogen) atoms. The predicted octanol–water partition coefficient (Wildman–Crippen LogP) is 2.15. The van der Waals surface area contributed by atoms with Gasteiger partial charge in [0.25, 0.3) is 0 Å². The van der Waals surface area contributed by atoms with Crippen LogP contribution in [0.5, 0.6) is 11.5 Å². The van der Waals surface area contributed by atoms with Crippen molar-refractivity contribution in [2.75, 3.05) is 34.4 Å². The highest BCUT2D eigenvalue weighted by molar-refractivity contribution is 5.83. The molecule has 0 amide bonds. The Bertz CT molecular complexity index is 1070. The van der Waals surface area contributed by atoms with Gasteiger partial charge in [-0.15, -0.1) is 5.10 Å². The van der Waals surface area contributed by atoms with E-state index in [1.807, 2.05) is 50.5 Å². The Morgan fingerprint density at radius 3 is 2.82 bits per heavy atom. The lowest BCUT2D eigenvalue weighted by molar-refractivity contribution is 0.251. The molecule has 9 nitrogen and oxygen atoms in total. The summed E-state index contributed by atoms with van der Waals surface area (Å²) >= 11 is 0. The van der Waals surface area contributed by atoms with Gasteiger partial charge in [-0.1, -0.05) is 6.07 Å². The Morgan fingerprint density at radius 1 is 1.18 bits per heavy atom. The molecule has 0 spiro atoms. The minimum atomic E-state index is 0.546. The third kappa shape index (κ3) is 3.52. The number of hydrogen-bond donors (Lipinski definition) is 1. The summed E-state index contributed by atoms with van der Waals surface area (Å²) in [5.74, 6) is 2.06. The van der Waals surface area contributed by atoms with Gasteiger partial charge in [0, 0.05) is 6.54 Å².